The van der Waals surface area contributed by atoms with Crippen LogP contribution in [0, 0.1) is 0 Å². The van der Waals surface area contributed by atoms with E-state index in [2.05, 4.69) is 4.74 Å². The van der Waals surface area contributed by atoms with Gasteiger partial charge in [0.2, 0.25) is 0 Å². The number of carbonyl (C=O) groups is 2. The molecule has 0 rings (SSSR count). The van der Waals surface area contributed by atoms with Crippen molar-refractivity contribution in [1.29, 1.82) is 0 Å². The molecule has 0 aromatic rings. The minimum Gasteiger partial charge on any atom is -0.387 e. The second-order valence-corrected chi connectivity index (χ2v) is 2.13. The highest BCUT2D eigenvalue weighted by Gasteiger charge is 2.01. The molecule has 0 amide bonds. The van der Waals surface area contributed by atoms with E-state index in [1.54, 1.807) is 19.1 Å². The second kappa shape index (κ2) is 7.03. The van der Waals surface area contributed by atoms with Crippen LogP contribution in [0.5, 0.6) is 0 Å². The van der Waals surface area contributed by atoms with Gasteiger partial charge in [0.25, 0.3) is 0 Å². The first kappa shape index (κ1) is 11.4. The van der Waals surface area contributed by atoms with Crippen molar-refractivity contribution in [2.24, 2.45) is 0 Å². The molecule has 0 heterocycles. The Hall–Kier alpha value is -1.64. The highest BCUT2D eigenvalue weighted by Crippen LogP contribution is 1.86. The van der Waals surface area contributed by atoms with Gasteiger partial charge in [-0.05, 0) is 13.8 Å². The first-order valence-electron chi connectivity index (χ1n) is 3.88. The summed E-state index contributed by atoms with van der Waals surface area (Å²) in [6.45, 7) is 3.49. The van der Waals surface area contributed by atoms with E-state index in [4.69, 9.17) is 0 Å². The monoisotopic (exact) mass is 180 g/mol. The van der Waals surface area contributed by atoms with Crippen molar-refractivity contribution in [1.82, 2.24) is 0 Å². The van der Waals surface area contributed by atoms with Crippen LogP contribution in [0.4, 0.5) is 0 Å². The third kappa shape index (κ3) is 6.75. The Labute approximate surface area is 77.4 Å². The maximum atomic E-state index is 10.8. The van der Waals surface area contributed by atoms with Crippen LogP contribution >= 0.6 is 0 Å². The number of hydrogen-bond acceptors (Lipinski definition) is 3. The van der Waals surface area contributed by atoms with E-state index < -0.39 is 11.9 Å². The summed E-state index contributed by atoms with van der Waals surface area (Å²) in [5, 5.41) is 0. The molecule has 0 aliphatic heterocycles. The molecule has 0 aliphatic rings. The maximum absolute atomic E-state index is 10.8. The molecule has 0 unspecified atom stereocenters. The van der Waals surface area contributed by atoms with Crippen molar-refractivity contribution in [3.8, 4) is 0 Å². The van der Waals surface area contributed by atoms with E-state index in [0.29, 0.717) is 0 Å². The molecule has 3 nitrogen and oxygen atoms in total. The molecule has 0 atom stereocenters. The fourth-order valence-electron chi connectivity index (χ4n) is 0.549. The first-order valence-corrected chi connectivity index (χ1v) is 3.88. The standard InChI is InChI=1S/C10H12O3/c1-3-5-6-8-10(12)13-9(11)7-4-2/h3-8H,1-2H3/b5-3+,7-4+,8-6+. The summed E-state index contributed by atoms with van der Waals surface area (Å²) in [6.07, 6.45) is 8.80. The highest BCUT2D eigenvalue weighted by atomic mass is 16.6. The number of hydrogen-bond donors (Lipinski definition) is 0. The van der Waals surface area contributed by atoms with E-state index >= 15 is 0 Å². The lowest BCUT2D eigenvalue weighted by molar-refractivity contribution is -0.152. The topological polar surface area (TPSA) is 43.4 Å². The maximum Gasteiger partial charge on any atom is 0.338 e. The summed E-state index contributed by atoms with van der Waals surface area (Å²) < 4.78 is 4.35. The van der Waals surface area contributed by atoms with Crippen molar-refractivity contribution in [3.05, 3.63) is 36.5 Å². The molecule has 0 saturated carbocycles. The zero-order chi connectivity index (χ0) is 10.1. The fraction of sp³-hybridized carbons (Fsp3) is 0.200. The summed E-state index contributed by atoms with van der Waals surface area (Å²) in [4.78, 5) is 21.5. The minimum atomic E-state index is -0.666. The predicted octanol–water partition coefficient (Wildman–Crippen LogP) is 1.76. The third-order valence-corrected chi connectivity index (χ3v) is 1.04. The molecule has 0 aliphatic carbocycles. The van der Waals surface area contributed by atoms with Crippen molar-refractivity contribution >= 4 is 11.9 Å². The van der Waals surface area contributed by atoms with Gasteiger partial charge in [-0.1, -0.05) is 24.3 Å². The normalized spacial score (nSPS) is 11.5. The lowest BCUT2D eigenvalue weighted by Crippen LogP contribution is -2.06. The second-order valence-electron chi connectivity index (χ2n) is 2.13. The van der Waals surface area contributed by atoms with E-state index in [-0.39, 0.29) is 0 Å². The molecule has 0 saturated heterocycles. The number of esters is 2. The molecule has 0 aromatic carbocycles. The highest BCUT2D eigenvalue weighted by molar-refractivity contribution is 5.96. The van der Waals surface area contributed by atoms with E-state index in [1.807, 2.05) is 6.92 Å². The van der Waals surface area contributed by atoms with Gasteiger partial charge >= 0.3 is 11.9 Å². The molecule has 0 aromatic heterocycles. The average molecular weight is 180 g/mol. The molecule has 0 bridgehead atoms. The average Bonchev–Trinajstić information content (AvgIpc) is 2.05. The third-order valence-electron chi connectivity index (χ3n) is 1.04. The van der Waals surface area contributed by atoms with Gasteiger partial charge in [0.15, 0.2) is 0 Å². The summed E-state index contributed by atoms with van der Waals surface area (Å²) in [7, 11) is 0. The van der Waals surface area contributed by atoms with Crippen LogP contribution < -0.4 is 0 Å². The van der Waals surface area contributed by atoms with Crippen LogP contribution in [0.25, 0.3) is 0 Å². The molecule has 13 heavy (non-hydrogen) atoms. The predicted molar refractivity (Wildman–Crippen MR) is 49.9 cm³/mol. The molecule has 0 fully saturated rings. The van der Waals surface area contributed by atoms with E-state index in [1.165, 1.54) is 24.3 Å². The largest absolute Gasteiger partial charge is 0.387 e. The first-order chi connectivity index (χ1) is 6.20. The van der Waals surface area contributed by atoms with Crippen molar-refractivity contribution in [3.63, 3.8) is 0 Å². The molecular formula is C10H12O3. The van der Waals surface area contributed by atoms with Gasteiger partial charge in [-0.3, -0.25) is 0 Å². The Morgan fingerprint density at radius 1 is 0.923 bits per heavy atom. The van der Waals surface area contributed by atoms with Gasteiger partial charge in [0, 0.05) is 12.2 Å². The van der Waals surface area contributed by atoms with Crippen LogP contribution in [0.3, 0.4) is 0 Å². The number of carbonyl (C=O) groups excluding carboxylic acids is 2. The van der Waals surface area contributed by atoms with Gasteiger partial charge < -0.3 is 4.74 Å². The molecule has 0 radical (unpaired) electrons. The van der Waals surface area contributed by atoms with E-state index in [9.17, 15) is 9.59 Å². The molecule has 0 spiro atoms. The summed E-state index contributed by atoms with van der Waals surface area (Å²) in [5.41, 5.74) is 0. The number of rotatable bonds is 3. The Bertz CT molecular complexity index is 259. The van der Waals surface area contributed by atoms with Crippen molar-refractivity contribution in [2.75, 3.05) is 0 Å². The van der Waals surface area contributed by atoms with Crippen LogP contribution in [0.2, 0.25) is 0 Å². The van der Waals surface area contributed by atoms with Gasteiger partial charge in [-0.2, -0.15) is 0 Å². The summed E-state index contributed by atoms with van der Waals surface area (Å²) in [6, 6.07) is 0. The van der Waals surface area contributed by atoms with Crippen LogP contribution in [0.15, 0.2) is 36.5 Å². The Balaban J connectivity index is 3.94. The lowest BCUT2D eigenvalue weighted by Gasteiger charge is -1.92. The van der Waals surface area contributed by atoms with Gasteiger partial charge in [-0.15, -0.1) is 0 Å². The smallest absolute Gasteiger partial charge is 0.338 e. The molecular weight excluding hydrogens is 168 g/mol. The number of ether oxygens (including phenoxy) is 1. The minimum absolute atomic E-state index is 0.655. The van der Waals surface area contributed by atoms with Crippen molar-refractivity contribution < 1.29 is 14.3 Å². The SMILES string of the molecule is C/C=C/C=C/C(=O)OC(=O)/C=C/C. The zero-order valence-corrected chi connectivity index (χ0v) is 7.69. The fourth-order valence-corrected chi connectivity index (χ4v) is 0.549. The van der Waals surface area contributed by atoms with Crippen molar-refractivity contribution in [2.45, 2.75) is 13.8 Å². The van der Waals surface area contributed by atoms with Crippen LogP contribution in [-0.4, -0.2) is 11.9 Å². The van der Waals surface area contributed by atoms with Gasteiger partial charge in [-0.25, -0.2) is 9.59 Å². The molecule has 70 valence electrons. The summed E-state index contributed by atoms with van der Waals surface area (Å²) in [5.74, 6) is -1.32. The Morgan fingerprint density at radius 2 is 1.54 bits per heavy atom. The quantitative estimate of drug-likeness (QED) is 0.288. The Morgan fingerprint density at radius 3 is 2.08 bits per heavy atom. The van der Waals surface area contributed by atoms with Gasteiger partial charge in [0.1, 0.15) is 0 Å². The van der Waals surface area contributed by atoms with Gasteiger partial charge in [0.05, 0.1) is 0 Å². The lowest BCUT2D eigenvalue weighted by atomic mass is 10.4. The molecule has 3 heteroatoms. The summed E-state index contributed by atoms with van der Waals surface area (Å²) >= 11 is 0. The van der Waals surface area contributed by atoms with Crippen LogP contribution in [0.1, 0.15) is 13.8 Å². The van der Waals surface area contributed by atoms with E-state index in [0.717, 1.165) is 0 Å². The number of allylic oxidation sites excluding steroid dienone is 4. The zero-order valence-electron chi connectivity index (χ0n) is 7.69. The Kier molecular flexibility index (Phi) is 6.15. The molecule has 0 N–H and O–H groups in total. The van der Waals surface area contributed by atoms with Crippen LogP contribution in [-0.2, 0) is 14.3 Å².